The number of nitrogens with zero attached hydrogens (tertiary/aromatic N) is 2. The van der Waals surface area contributed by atoms with E-state index in [1.54, 1.807) is 25.9 Å². The molecule has 0 bridgehead atoms. The van der Waals surface area contributed by atoms with Crippen LogP contribution in [0.1, 0.15) is 19.8 Å². The van der Waals surface area contributed by atoms with E-state index in [1.807, 2.05) is 4.90 Å². The zero-order valence-electron chi connectivity index (χ0n) is 10.8. The van der Waals surface area contributed by atoms with E-state index < -0.39 is 0 Å². The number of carbonyl (C=O) groups is 2. The van der Waals surface area contributed by atoms with Crippen LogP contribution in [0.25, 0.3) is 0 Å². The summed E-state index contributed by atoms with van der Waals surface area (Å²) in [6.07, 6.45) is 1.72. The van der Waals surface area contributed by atoms with Crippen molar-refractivity contribution >= 4 is 11.9 Å². The van der Waals surface area contributed by atoms with Crippen molar-refractivity contribution in [3.63, 3.8) is 0 Å². The monoisotopic (exact) mass is 242 g/mol. The van der Waals surface area contributed by atoms with E-state index in [-0.39, 0.29) is 24.0 Å². The van der Waals surface area contributed by atoms with Crippen LogP contribution in [-0.2, 0) is 4.79 Å². The second-order valence-corrected chi connectivity index (χ2v) is 4.73. The number of likely N-dealkylation sites (tertiary alicyclic amines) is 1. The third kappa shape index (κ3) is 3.89. The summed E-state index contributed by atoms with van der Waals surface area (Å²) in [7, 11) is 3.50. The number of primary amides is 1. The maximum atomic E-state index is 11.7. The molecule has 6 nitrogen and oxygen atoms in total. The Morgan fingerprint density at radius 1 is 1.35 bits per heavy atom. The summed E-state index contributed by atoms with van der Waals surface area (Å²) in [5.41, 5.74) is 5.20. The van der Waals surface area contributed by atoms with Crippen LogP contribution in [0.5, 0.6) is 0 Å². The fourth-order valence-corrected chi connectivity index (χ4v) is 1.96. The Morgan fingerprint density at radius 3 is 2.29 bits per heavy atom. The minimum Gasteiger partial charge on any atom is -0.368 e. The SMILES string of the molecule is CC(NC1CCN(C(=O)N(C)C)CC1)C(N)=O. The molecule has 0 aromatic rings. The molecule has 1 rings (SSSR count). The van der Waals surface area contributed by atoms with E-state index in [9.17, 15) is 9.59 Å². The van der Waals surface area contributed by atoms with Crippen molar-refractivity contribution in [2.45, 2.75) is 31.8 Å². The minimum absolute atomic E-state index is 0.0476. The first-order valence-corrected chi connectivity index (χ1v) is 5.93. The largest absolute Gasteiger partial charge is 0.368 e. The summed E-state index contributed by atoms with van der Waals surface area (Å²) >= 11 is 0. The van der Waals surface area contributed by atoms with Crippen molar-refractivity contribution in [2.75, 3.05) is 27.2 Å². The number of amides is 3. The van der Waals surface area contributed by atoms with Crippen LogP contribution in [0.15, 0.2) is 0 Å². The summed E-state index contributed by atoms with van der Waals surface area (Å²) in [4.78, 5) is 26.0. The molecule has 6 heteroatoms. The van der Waals surface area contributed by atoms with Crippen molar-refractivity contribution in [1.82, 2.24) is 15.1 Å². The van der Waals surface area contributed by atoms with Gasteiger partial charge in [0.2, 0.25) is 5.91 Å². The van der Waals surface area contributed by atoms with Crippen LogP contribution in [0.2, 0.25) is 0 Å². The van der Waals surface area contributed by atoms with Crippen LogP contribution in [0, 0.1) is 0 Å². The van der Waals surface area contributed by atoms with E-state index in [0.717, 1.165) is 25.9 Å². The molecule has 0 radical (unpaired) electrons. The number of rotatable bonds is 3. The molecule has 0 spiro atoms. The smallest absolute Gasteiger partial charge is 0.319 e. The first-order chi connectivity index (χ1) is 7.91. The lowest BCUT2D eigenvalue weighted by molar-refractivity contribution is -0.119. The van der Waals surface area contributed by atoms with Crippen LogP contribution >= 0.6 is 0 Å². The van der Waals surface area contributed by atoms with Gasteiger partial charge in [0.05, 0.1) is 6.04 Å². The van der Waals surface area contributed by atoms with Gasteiger partial charge in [-0.05, 0) is 19.8 Å². The molecule has 0 aliphatic carbocycles. The maximum Gasteiger partial charge on any atom is 0.319 e. The van der Waals surface area contributed by atoms with Crippen LogP contribution < -0.4 is 11.1 Å². The van der Waals surface area contributed by atoms with Crippen LogP contribution in [0.4, 0.5) is 4.79 Å². The molecular formula is C11H22N4O2. The molecule has 1 aliphatic heterocycles. The van der Waals surface area contributed by atoms with E-state index in [0.29, 0.717) is 0 Å². The standard InChI is InChI=1S/C11H22N4O2/c1-8(10(12)16)13-9-4-6-15(7-5-9)11(17)14(2)3/h8-9,13H,4-7H2,1-3H3,(H2,12,16). The summed E-state index contributed by atoms with van der Waals surface area (Å²) in [6, 6.07) is 0.00575. The fraction of sp³-hybridized carbons (Fsp3) is 0.818. The van der Waals surface area contributed by atoms with Crippen molar-refractivity contribution in [1.29, 1.82) is 0 Å². The molecule has 0 saturated carbocycles. The van der Waals surface area contributed by atoms with Crippen molar-refractivity contribution < 1.29 is 9.59 Å². The molecule has 1 unspecified atom stereocenters. The van der Waals surface area contributed by atoms with Crippen LogP contribution in [-0.4, -0.2) is 61.0 Å². The fourth-order valence-electron chi connectivity index (χ4n) is 1.96. The number of carbonyl (C=O) groups excluding carboxylic acids is 2. The zero-order valence-corrected chi connectivity index (χ0v) is 10.8. The van der Waals surface area contributed by atoms with Gasteiger partial charge >= 0.3 is 6.03 Å². The molecule has 0 aromatic heterocycles. The van der Waals surface area contributed by atoms with Crippen molar-refractivity contribution in [3.05, 3.63) is 0 Å². The summed E-state index contributed by atoms with van der Waals surface area (Å²) in [5.74, 6) is -0.336. The molecule has 1 atom stereocenters. The molecule has 0 aromatic carbocycles. The van der Waals surface area contributed by atoms with Gasteiger partial charge in [0.25, 0.3) is 0 Å². The molecule has 3 amide bonds. The maximum absolute atomic E-state index is 11.7. The number of nitrogens with two attached hydrogens (primary N) is 1. The lowest BCUT2D eigenvalue weighted by Gasteiger charge is -2.34. The van der Waals surface area contributed by atoms with Gasteiger partial charge in [-0.1, -0.05) is 0 Å². The van der Waals surface area contributed by atoms with E-state index in [2.05, 4.69) is 5.32 Å². The first-order valence-electron chi connectivity index (χ1n) is 5.93. The molecule has 3 N–H and O–H groups in total. The number of piperidine rings is 1. The lowest BCUT2D eigenvalue weighted by Crippen LogP contribution is -2.51. The number of urea groups is 1. The van der Waals surface area contributed by atoms with Gasteiger partial charge in [-0.3, -0.25) is 4.79 Å². The highest BCUT2D eigenvalue weighted by Crippen LogP contribution is 2.12. The molecule has 1 fully saturated rings. The summed E-state index contributed by atoms with van der Waals surface area (Å²) in [6.45, 7) is 3.21. The zero-order chi connectivity index (χ0) is 13.0. The Morgan fingerprint density at radius 2 is 1.88 bits per heavy atom. The number of nitrogens with one attached hydrogen (secondary N) is 1. The normalized spacial score (nSPS) is 18.9. The molecule has 98 valence electrons. The Hall–Kier alpha value is -1.30. The van der Waals surface area contributed by atoms with E-state index in [1.165, 1.54) is 0 Å². The average molecular weight is 242 g/mol. The number of hydrogen-bond acceptors (Lipinski definition) is 3. The Bertz CT molecular complexity index is 285. The van der Waals surface area contributed by atoms with Gasteiger partial charge in [-0.2, -0.15) is 0 Å². The Kier molecular flexibility index (Phi) is 4.74. The molecule has 1 heterocycles. The molecule has 17 heavy (non-hydrogen) atoms. The Labute approximate surface area is 102 Å². The van der Waals surface area contributed by atoms with Gasteiger partial charge in [-0.15, -0.1) is 0 Å². The number of hydrogen-bond donors (Lipinski definition) is 2. The lowest BCUT2D eigenvalue weighted by atomic mass is 10.0. The highest BCUT2D eigenvalue weighted by molar-refractivity contribution is 5.79. The average Bonchev–Trinajstić information content (AvgIpc) is 2.28. The van der Waals surface area contributed by atoms with E-state index in [4.69, 9.17) is 5.73 Å². The third-order valence-electron chi connectivity index (χ3n) is 3.06. The predicted octanol–water partition coefficient (Wildman–Crippen LogP) is -0.404. The van der Waals surface area contributed by atoms with E-state index >= 15 is 0 Å². The predicted molar refractivity (Wildman–Crippen MR) is 65.5 cm³/mol. The summed E-state index contributed by atoms with van der Waals surface area (Å²) < 4.78 is 0. The van der Waals surface area contributed by atoms with Crippen LogP contribution in [0.3, 0.4) is 0 Å². The molecule has 1 aliphatic rings. The van der Waals surface area contributed by atoms with Gasteiger partial charge < -0.3 is 20.9 Å². The molecule has 1 saturated heterocycles. The highest BCUT2D eigenvalue weighted by atomic mass is 16.2. The van der Waals surface area contributed by atoms with Crippen molar-refractivity contribution in [3.8, 4) is 0 Å². The van der Waals surface area contributed by atoms with Crippen molar-refractivity contribution in [2.24, 2.45) is 5.73 Å². The quantitative estimate of drug-likeness (QED) is 0.706. The van der Waals surface area contributed by atoms with Gasteiger partial charge in [0, 0.05) is 33.2 Å². The Balaban J connectivity index is 2.36. The third-order valence-corrected chi connectivity index (χ3v) is 3.06. The second-order valence-electron chi connectivity index (χ2n) is 4.73. The molecular weight excluding hydrogens is 220 g/mol. The highest BCUT2D eigenvalue weighted by Gasteiger charge is 2.25. The second kappa shape index (κ2) is 5.86. The summed E-state index contributed by atoms with van der Waals surface area (Å²) in [5, 5.41) is 3.18. The first kappa shape index (κ1) is 13.8. The van der Waals surface area contributed by atoms with Gasteiger partial charge in [-0.25, -0.2) is 4.79 Å². The van der Waals surface area contributed by atoms with Gasteiger partial charge in [0.15, 0.2) is 0 Å². The topological polar surface area (TPSA) is 78.7 Å². The minimum atomic E-state index is -0.336. The van der Waals surface area contributed by atoms with Gasteiger partial charge in [0.1, 0.15) is 0 Å².